The fraction of sp³-hybridized carbons (Fsp3) is 0.500. The van der Waals surface area contributed by atoms with Crippen LogP contribution in [0.1, 0.15) is 24.7 Å². The molecule has 0 aliphatic carbocycles. The van der Waals surface area contributed by atoms with Gasteiger partial charge in [0.1, 0.15) is 5.82 Å². The van der Waals surface area contributed by atoms with E-state index in [1.54, 1.807) is 0 Å². The summed E-state index contributed by atoms with van der Waals surface area (Å²) in [6, 6.07) is 6.45. The van der Waals surface area contributed by atoms with Crippen molar-refractivity contribution < 1.29 is 0 Å². The molecule has 0 aliphatic heterocycles. The molecule has 3 heteroatoms. The van der Waals surface area contributed by atoms with Crippen LogP contribution in [-0.4, -0.2) is 22.6 Å². The predicted octanol–water partition coefficient (Wildman–Crippen LogP) is 2.42. The molecular weight excluding hydrogens is 210 g/mol. The highest BCUT2D eigenvalue weighted by atomic mass is 15.1. The molecular formula is C14H21N3. The SMILES string of the molecule is CCCNCCc1nc2cc(C)ccc2n1C. The van der Waals surface area contributed by atoms with Crippen LogP contribution < -0.4 is 5.32 Å². The first-order valence-corrected chi connectivity index (χ1v) is 6.35. The third-order valence-corrected chi connectivity index (χ3v) is 3.08. The summed E-state index contributed by atoms with van der Waals surface area (Å²) in [6.07, 6.45) is 2.17. The first-order valence-electron chi connectivity index (χ1n) is 6.35. The number of fused-ring (bicyclic) bond motifs is 1. The van der Waals surface area contributed by atoms with E-state index in [0.29, 0.717) is 0 Å². The molecule has 0 aliphatic rings. The smallest absolute Gasteiger partial charge is 0.110 e. The topological polar surface area (TPSA) is 29.9 Å². The number of nitrogens with zero attached hydrogens (tertiary/aromatic N) is 2. The average Bonchev–Trinajstić information content (AvgIpc) is 2.61. The Morgan fingerprint density at radius 3 is 2.88 bits per heavy atom. The van der Waals surface area contributed by atoms with E-state index < -0.39 is 0 Å². The number of hydrogen-bond donors (Lipinski definition) is 1. The molecule has 1 aromatic heterocycles. The molecule has 0 unspecified atom stereocenters. The van der Waals surface area contributed by atoms with E-state index in [1.165, 1.54) is 17.5 Å². The second kappa shape index (κ2) is 5.32. The molecule has 0 saturated carbocycles. The lowest BCUT2D eigenvalue weighted by molar-refractivity contribution is 0.648. The largest absolute Gasteiger partial charge is 0.331 e. The summed E-state index contributed by atoms with van der Waals surface area (Å²) in [7, 11) is 2.10. The van der Waals surface area contributed by atoms with Gasteiger partial charge in [0.25, 0.3) is 0 Å². The van der Waals surface area contributed by atoms with Gasteiger partial charge >= 0.3 is 0 Å². The fourth-order valence-corrected chi connectivity index (χ4v) is 2.09. The Kier molecular flexibility index (Phi) is 3.79. The Morgan fingerprint density at radius 1 is 1.29 bits per heavy atom. The molecule has 92 valence electrons. The lowest BCUT2D eigenvalue weighted by Gasteiger charge is -2.03. The summed E-state index contributed by atoms with van der Waals surface area (Å²) < 4.78 is 2.20. The predicted molar refractivity (Wildman–Crippen MR) is 72.3 cm³/mol. The molecule has 0 fully saturated rings. The lowest BCUT2D eigenvalue weighted by atomic mass is 10.2. The van der Waals surface area contributed by atoms with Crippen molar-refractivity contribution in [1.82, 2.24) is 14.9 Å². The minimum absolute atomic E-state index is 0.990. The average molecular weight is 231 g/mol. The third-order valence-electron chi connectivity index (χ3n) is 3.08. The number of imidazole rings is 1. The number of nitrogens with one attached hydrogen (secondary N) is 1. The van der Waals surface area contributed by atoms with Gasteiger partial charge in [-0.25, -0.2) is 4.98 Å². The number of benzene rings is 1. The summed E-state index contributed by atoms with van der Waals surface area (Å²) in [5.41, 5.74) is 3.60. The quantitative estimate of drug-likeness (QED) is 0.801. The maximum Gasteiger partial charge on any atom is 0.110 e. The van der Waals surface area contributed by atoms with E-state index in [-0.39, 0.29) is 0 Å². The zero-order valence-electron chi connectivity index (χ0n) is 11.0. The molecule has 1 heterocycles. The van der Waals surface area contributed by atoms with Crippen LogP contribution in [-0.2, 0) is 13.5 Å². The zero-order chi connectivity index (χ0) is 12.3. The number of aromatic nitrogens is 2. The Labute approximate surface area is 103 Å². The molecule has 3 nitrogen and oxygen atoms in total. The van der Waals surface area contributed by atoms with Crippen LogP contribution in [0.5, 0.6) is 0 Å². The van der Waals surface area contributed by atoms with Gasteiger partial charge in [-0.2, -0.15) is 0 Å². The molecule has 0 amide bonds. The summed E-state index contributed by atoms with van der Waals surface area (Å²) in [4.78, 5) is 4.69. The van der Waals surface area contributed by atoms with Crippen molar-refractivity contribution in [3.8, 4) is 0 Å². The van der Waals surface area contributed by atoms with Gasteiger partial charge in [-0.15, -0.1) is 0 Å². The Hall–Kier alpha value is -1.35. The Morgan fingerprint density at radius 2 is 2.12 bits per heavy atom. The van der Waals surface area contributed by atoms with Crippen molar-refractivity contribution in [3.63, 3.8) is 0 Å². The number of hydrogen-bond acceptors (Lipinski definition) is 2. The van der Waals surface area contributed by atoms with Crippen molar-refractivity contribution in [2.45, 2.75) is 26.7 Å². The molecule has 0 radical (unpaired) electrons. The minimum atomic E-state index is 0.990. The van der Waals surface area contributed by atoms with E-state index in [2.05, 4.69) is 49.0 Å². The van der Waals surface area contributed by atoms with Crippen LogP contribution in [0.3, 0.4) is 0 Å². The molecule has 0 spiro atoms. The van der Waals surface area contributed by atoms with E-state index in [4.69, 9.17) is 4.98 Å². The standard InChI is InChI=1S/C14H21N3/c1-4-8-15-9-7-14-16-12-10-11(2)5-6-13(12)17(14)3/h5-6,10,15H,4,7-9H2,1-3H3. The number of rotatable bonds is 5. The summed E-state index contributed by atoms with van der Waals surface area (Å²) in [5, 5.41) is 3.41. The fourth-order valence-electron chi connectivity index (χ4n) is 2.09. The van der Waals surface area contributed by atoms with Gasteiger partial charge in [-0.1, -0.05) is 13.0 Å². The van der Waals surface area contributed by atoms with Crippen molar-refractivity contribution in [1.29, 1.82) is 0 Å². The first kappa shape index (κ1) is 12.1. The van der Waals surface area contributed by atoms with E-state index in [9.17, 15) is 0 Å². The molecule has 0 bridgehead atoms. The van der Waals surface area contributed by atoms with Gasteiger partial charge in [0.05, 0.1) is 11.0 Å². The molecule has 1 aromatic carbocycles. The third kappa shape index (κ3) is 2.67. The van der Waals surface area contributed by atoms with Gasteiger partial charge in [0.15, 0.2) is 0 Å². The van der Waals surface area contributed by atoms with Gasteiger partial charge < -0.3 is 9.88 Å². The van der Waals surface area contributed by atoms with E-state index in [0.717, 1.165) is 30.9 Å². The highest BCUT2D eigenvalue weighted by Gasteiger charge is 2.06. The lowest BCUT2D eigenvalue weighted by Crippen LogP contribution is -2.19. The summed E-state index contributed by atoms with van der Waals surface area (Å²) in [5.74, 6) is 1.16. The highest BCUT2D eigenvalue weighted by Crippen LogP contribution is 2.16. The van der Waals surface area contributed by atoms with E-state index in [1.807, 2.05) is 0 Å². The Balaban J connectivity index is 2.15. The van der Waals surface area contributed by atoms with Gasteiger partial charge in [0.2, 0.25) is 0 Å². The van der Waals surface area contributed by atoms with Crippen LogP contribution in [0.15, 0.2) is 18.2 Å². The summed E-state index contributed by atoms with van der Waals surface area (Å²) >= 11 is 0. The second-order valence-electron chi connectivity index (χ2n) is 4.58. The maximum absolute atomic E-state index is 4.69. The van der Waals surface area contributed by atoms with Crippen LogP contribution in [0, 0.1) is 6.92 Å². The van der Waals surface area contributed by atoms with Crippen molar-refractivity contribution in [2.75, 3.05) is 13.1 Å². The molecule has 0 atom stereocenters. The normalized spacial score (nSPS) is 11.2. The van der Waals surface area contributed by atoms with E-state index >= 15 is 0 Å². The maximum atomic E-state index is 4.69. The molecule has 1 N–H and O–H groups in total. The van der Waals surface area contributed by atoms with Gasteiger partial charge in [-0.05, 0) is 37.6 Å². The molecule has 2 aromatic rings. The molecule has 0 saturated heterocycles. The van der Waals surface area contributed by atoms with Crippen molar-refractivity contribution in [2.24, 2.45) is 7.05 Å². The minimum Gasteiger partial charge on any atom is -0.331 e. The van der Waals surface area contributed by atoms with Crippen LogP contribution in [0.25, 0.3) is 11.0 Å². The Bertz CT molecular complexity index is 499. The number of aryl methyl sites for hydroxylation is 2. The molecule has 2 rings (SSSR count). The van der Waals surface area contributed by atoms with Crippen LogP contribution in [0.4, 0.5) is 0 Å². The van der Waals surface area contributed by atoms with Gasteiger partial charge in [-0.3, -0.25) is 0 Å². The highest BCUT2D eigenvalue weighted by molar-refractivity contribution is 5.76. The van der Waals surface area contributed by atoms with Crippen LogP contribution >= 0.6 is 0 Å². The first-order chi connectivity index (χ1) is 8.22. The van der Waals surface area contributed by atoms with Crippen molar-refractivity contribution >= 4 is 11.0 Å². The monoisotopic (exact) mass is 231 g/mol. The van der Waals surface area contributed by atoms with Crippen LogP contribution in [0.2, 0.25) is 0 Å². The summed E-state index contributed by atoms with van der Waals surface area (Å²) in [6.45, 7) is 6.38. The van der Waals surface area contributed by atoms with Crippen molar-refractivity contribution in [3.05, 3.63) is 29.6 Å². The molecule has 17 heavy (non-hydrogen) atoms. The van der Waals surface area contributed by atoms with Gasteiger partial charge in [0, 0.05) is 20.0 Å². The second-order valence-corrected chi connectivity index (χ2v) is 4.58. The zero-order valence-corrected chi connectivity index (χ0v) is 11.0.